The van der Waals surface area contributed by atoms with Crippen molar-refractivity contribution in [1.29, 1.82) is 0 Å². The van der Waals surface area contributed by atoms with Gasteiger partial charge in [-0.3, -0.25) is 0 Å². The first kappa shape index (κ1) is 25.0. The monoisotopic (exact) mass is 385 g/mol. The molecule has 0 radical (unpaired) electrons. The summed E-state index contributed by atoms with van der Waals surface area (Å²) in [5, 5.41) is 3.55. The molecule has 0 fully saturated rings. The largest absolute Gasteiger partial charge is 0.313 e. The Morgan fingerprint density at radius 3 is 1.82 bits per heavy atom. The smallest absolute Gasteiger partial charge is 0.0205 e. The van der Waals surface area contributed by atoms with Crippen molar-refractivity contribution in [3.05, 3.63) is 48.0 Å². The molecule has 0 aliphatic rings. The number of benzene rings is 1. The summed E-state index contributed by atoms with van der Waals surface area (Å²) >= 11 is 0. The molecule has 0 aliphatic carbocycles. The second-order valence-electron chi connectivity index (χ2n) is 8.78. The second-order valence-corrected chi connectivity index (χ2v) is 8.78. The van der Waals surface area contributed by atoms with Crippen LogP contribution in [0.4, 0.5) is 0 Å². The van der Waals surface area contributed by atoms with Crippen LogP contribution in [0.5, 0.6) is 0 Å². The summed E-state index contributed by atoms with van der Waals surface area (Å²) in [5.74, 6) is 0.880. The van der Waals surface area contributed by atoms with Crippen molar-refractivity contribution in [1.82, 2.24) is 5.32 Å². The molecule has 0 bridgehead atoms. The molecule has 1 rings (SSSR count). The lowest BCUT2D eigenvalue weighted by atomic mass is 10.0. The first-order valence-electron chi connectivity index (χ1n) is 12.2. The molecule has 0 saturated carbocycles. The molecule has 0 spiro atoms. The van der Waals surface area contributed by atoms with Crippen molar-refractivity contribution in [2.24, 2.45) is 5.92 Å². The molecule has 0 amide bonds. The third-order valence-electron chi connectivity index (χ3n) is 5.47. The zero-order chi connectivity index (χ0) is 20.1. The Hall–Kier alpha value is -1.08. The highest BCUT2D eigenvalue weighted by molar-refractivity contribution is 5.14. The van der Waals surface area contributed by atoms with Gasteiger partial charge in [0.25, 0.3) is 0 Å². The Bertz CT molecular complexity index is 449. The van der Waals surface area contributed by atoms with Gasteiger partial charge in [0.1, 0.15) is 0 Å². The quantitative estimate of drug-likeness (QED) is 0.186. The van der Waals surface area contributed by atoms with Crippen LogP contribution in [0.3, 0.4) is 0 Å². The van der Waals surface area contributed by atoms with Gasteiger partial charge < -0.3 is 5.32 Å². The number of rotatable bonds is 19. The molecule has 1 nitrogen and oxygen atoms in total. The van der Waals surface area contributed by atoms with Crippen molar-refractivity contribution in [3.63, 3.8) is 0 Å². The average Bonchev–Trinajstić information content (AvgIpc) is 2.70. The van der Waals surface area contributed by atoms with Gasteiger partial charge in [-0.15, -0.1) is 0 Å². The van der Waals surface area contributed by atoms with Gasteiger partial charge >= 0.3 is 0 Å². The summed E-state index contributed by atoms with van der Waals surface area (Å²) in [6, 6.07) is 10.7. The van der Waals surface area contributed by atoms with Crippen molar-refractivity contribution in [2.45, 2.75) is 110 Å². The third kappa shape index (κ3) is 17.0. The van der Waals surface area contributed by atoms with E-state index < -0.39 is 0 Å². The topological polar surface area (TPSA) is 12.0 Å². The number of hydrogen-bond acceptors (Lipinski definition) is 1. The number of unbranched alkanes of at least 4 members (excludes halogenated alkanes) is 11. The molecule has 0 unspecified atom stereocenters. The van der Waals surface area contributed by atoms with Crippen LogP contribution < -0.4 is 5.32 Å². The minimum absolute atomic E-state index is 0.880. The van der Waals surface area contributed by atoms with Crippen molar-refractivity contribution in [3.8, 4) is 0 Å². The van der Waals surface area contributed by atoms with E-state index in [0.29, 0.717) is 0 Å². The summed E-state index contributed by atoms with van der Waals surface area (Å²) in [5.41, 5.74) is 1.39. The molecule has 160 valence electrons. The highest BCUT2D eigenvalue weighted by atomic mass is 14.8. The van der Waals surface area contributed by atoms with Crippen molar-refractivity contribution < 1.29 is 0 Å². The molecule has 0 aromatic heterocycles. The summed E-state index contributed by atoms with van der Waals surface area (Å²) in [4.78, 5) is 0. The van der Waals surface area contributed by atoms with Gasteiger partial charge in [-0.1, -0.05) is 114 Å². The van der Waals surface area contributed by atoms with E-state index in [9.17, 15) is 0 Å². The van der Waals surface area contributed by atoms with E-state index >= 15 is 0 Å². The van der Waals surface area contributed by atoms with Crippen LogP contribution in [0.25, 0.3) is 0 Å². The normalized spacial score (nSPS) is 11.7. The van der Waals surface area contributed by atoms with E-state index in [1.54, 1.807) is 0 Å². The van der Waals surface area contributed by atoms with E-state index in [1.165, 1.54) is 95.5 Å². The third-order valence-corrected chi connectivity index (χ3v) is 5.47. The standard InChI is InChI=1S/C27H47N/c1-26(2)21-17-14-12-10-8-6-4-3-5-7-9-11-13-15-20-24-28-25-27-22-18-16-19-23-27/h3-4,16,18-19,22-23,26,28H,5-15,17,20-21,24-25H2,1-2H3. The highest BCUT2D eigenvalue weighted by Gasteiger charge is 1.95. The SMILES string of the molecule is CC(C)CCCCCCCC=CCCCCCCCCNCc1ccccc1. The first-order chi connectivity index (χ1) is 13.8. The van der Waals surface area contributed by atoms with Gasteiger partial charge in [-0.05, 0) is 50.1 Å². The Labute approximate surface area is 176 Å². The molecule has 1 heteroatoms. The molecular formula is C27H47N. The van der Waals surface area contributed by atoms with Crippen LogP contribution in [0.1, 0.15) is 109 Å². The second kappa shape index (κ2) is 19.2. The fourth-order valence-electron chi connectivity index (χ4n) is 3.63. The van der Waals surface area contributed by atoms with Gasteiger partial charge in [0.15, 0.2) is 0 Å². The minimum atomic E-state index is 0.880. The summed E-state index contributed by atoms with van der Waals surface area (Å²) in [6.45, 7) is 6.81. The van der Waals surface area contributed by atoms with Crippen LogP contribution in [-0.4, -0.2) is 6.54 Å². The van der Waals surface area contributed by atoms with E-state index in [-0.39, 0.29) is 0 Å². The Kier molecular flexibility index (Phi) is 17.2. The Morgan fingerprint density at radius 2 is 1.21 bits per heavy atom. The summed E-state index contributed by atoms with van der Waals surface area (Å²) < 4.78 is 0. The number of hydrogen-bond donors (Lipinski definition) is 1. The number of nitrogens with one attached hydrogen (secondary N) is 1. The summed E-state index contributed by atoms with van der Waals surface area (Å²) in [7, 11) is 0. The predicted octanol–water partition coefficient (Wildman–Crippen LogP) is 8.45. The maximum atomic E-state index is 3.55. The van der Waals surface area contributed by atoms with E-state index in [1.807, 2.05) is 0 Å². The van der Waals surface area contributed by atoms with Gasteiger partial charge in [0.2, 0.25) is 0 Å². The lowest BCUT2D eigenvalue weighted by molar-refractivity contribution is 0.516. The van der Waals surface area contributed by atoms with Gasteiger partial charge in [0.05, 0.1) is 0 Å². The molecule has 0 aliphatic heterocycles. The zero-order valence-corrected chi connectivity index (χ0v) is 18.9. The summed E-state index contributed by atoms with van der Waals surface area (Å²) in [6.07, 6.45) is 24.2. The lowest BCUT2D eigenvalue weighted by Crippen LogP contribution is -2.14. The molecule has 0 saturated heterocycles. The van der Waals surface area contributed by atoms with E-state index in [0.717, 1.165) is 19.0 Å². The molecule has 1 aromatic carbocycles. The maximum Gasteiger partial charge on any atom is 0.0205 e. The van der Waals surface area contributed by atoms with Crippen molar-refractivity contribution in [2.75, 3.05) is 6.54 Å². The average molecular weight is 386 g/mol. The zero-order valence-electron chi connectivity index (χ0n) is 18.9. The molecule has 1 N–H and O–H groups in total. The van der Waals surface area contributed by atoms with Crippen LogP contribution in [-0.2, 0) is 6.54 Å². The van der Waals surface area contributed by atoms with Crippen molar-refractivity contribution >= 4 is 0 Å². The van der Waals surface area contributed by atoms with Gasteiger partial charge in [-0.2, -0.15) is 0 Å². The van der Waals surface area contributed by atoms with Crippen LogP contribution in [0.15, 0.2) is 42.5 Å². The molecule has 1 aromatic rings. The predicted molar refractivity (Wildman–Crippen MR) is 127 cm³/mol. The maximum absolute atomic E-state index is 3.55. The lowest BCUT2D eigenvalue weighted by Gasteiger charge is -2.05. The molecule has 0 atom stereocenters. The van der Waals surface area contributed by atoms with Gasteiger partial charge in [-0.25, -0.2) is 0 Å². The molecule has 28 heavy (non-hydrogen) atoms. The fourth-order valence-corrected chi connectivity index (χ4v) is 3.63. The van der Waals surface area contributed by atoms with Crippen LogP contribution >= 0.6 is 0 Å². The number of allylic oxidation sites excluding steroid dienone is 2. The van der Waals surface area contributed by atoms with E-state index in [4.69, 9.17) is 0 Å². The van der Waals surface area contributed by atoms with Crippen LogP contribution in [0, 0.1) is 5.92 Å². The Balaban J connectivity index is 1.73. The van der Waals surface area contributed by atoms with Gasteiger partial charge in [0, 0.05) is 6.54 Å². The fraction of sp³-hybridized carbons (Fsp3) is 0.704. The first-order valence-corrected chi connectivity index (χ1v) is 12.2. The molecular weight excluding hydrogens is 338 g/mol. The Morgan fingerprint density at radius 1 is 0.679 bits per heavy atom. The highest BCUT2D eigenvalue weighted by Crippen LogP contribution is 2.12. The van der Waals surface area contributed by atoms with E-state index in [2.05, 4.69) is 61.6 Å². The minimum Gasteiger partial charge on any atom is -0.313 e. The molecule has 0 heterocycles. The van der Waals surface area contributed by atoms with Crippen LogP contribution in [0.2, 0.25) is 0 Å².